The number of esters is 1. The maximum Gasteiger partial charge on any atom is 0.410 e. The first kappa shape index (κ1) is 20.6. The van der Waals surface area contributed by atoms with E-state index in [1.807, 2.05) is 0 Å². The van der Waals surface area contributed by atoms with Crippen LogP contribution in [0, 0.1) is 5.41 Å². The first-order chi connectivity index (χ1) is 12.9. The standard InChI is InChI=1S/C21H27F2NO4/c1-19(2,3)28-18(26)24-10-9-20(12-21(22,23)13-20)11-16(24)14-5-7-15(8-6-14)17(25)27-4/h5-8,16H,9-13H2,1-4H3/t16-/m1/s1. The van der Waals surface area contributed by atoms with Crippen LogP contribution < -0.4 is 0 Å². The van der Waals surface area contributed by atoms with Crippen molar-refractivity contribution in [3.63, 3.8) is 0 Å². The Morgan fingerprint density at radius 3 is 2.25 bits per heavy atom. The Labute approximate surface area is 164 Å². The number of carbonyl (C=O) groups excluding carboxylic acids is 2. The Balaban J connectivity index is 1.86. The Morgan fingerprint density at radius 1 is 1.14 bits per heavy atom. The molecular formula is C21H27F2NO4. The topological polar surface area (TPSA) is 55.8 Å². The first-order valence-electron chi connectivity index (χ1n) is 9.49. The van der Waals surface area contributed by atoms with Gasteiger partial charge in [-0.2, -0.15) is 0 Å². The van der Waals surface area contributed by atoms with E-state index in [4.69, 9.17) is 9.47 Å². The number of amides is 1. The van der Waals surface area contributed by atoms with Gasteiger partial charge in [0, 0.05) is 19.4 Å². The maximum absolute atomic E-state index is 13.6. The minimum atomic E-state index is -2.62. The van der Waals surface area contributed by atoms with Gasteiger partial charge in [0.25, 0.3) is 0 Å². The molecule has 0 bridgehead atoms. The van der Waals surface area contributed by atoms with Crippen LogP contribution in [0.3, 0.4) is 0 Å². The smallest absolute Gasteiger partial charge is 0.410 e. The molecule has 0 aromatic heterocycles. The number of nitrogens with zero attached hydrogens (tertiary/aromatic N) is 1. The van der Waals surface area contributed by atoms with Crippen LogP contribution in [0.5, 0.6) is 0 Å². The van der Waals surface area contributed by atoms with Gasteiger partial charge in [-0.05, 0) is 56.7 Å². The summed E-state index contributed by atoms with van der Waals surface area (Å²) in [5, 5.41) is 0. The largest absolute Gasteiger partial charge is 0.465 e. The van der Waals surface area contributed by atoms with Gasteiger partial charge in [0.1, 0.15) is 5.60 Å². The number of halogens is 2. The maximum atomic E-state index is 13.6. The fraction of sp³-hybridized carbons (Fsp3) is 0.619. The molecule has 1 aliphatic heterocycles. The Kier molecular flexibility index (Phi) is 5.15. The van der Waals surface area contributed by atoms with Crippen LogP contribution in [0.4, 0.5) is 13.6 Å². The lowest BCUT2D eigenvalue weighted by molar-refractivity contribution is -0.183. The van der Waals surface area contributed by atoms with E-state index in [0.717, 1.165) is 5.56 Å². The Hall–Kier alpha value is -2.18. The lowest BCUT2D eigenvalue weighted by Crippen LogP contribution is -2.54. The summed E-state index contributed by atoms with van der Waals surface area (Å²) < 4.78 is 37.4. The fourth-order valence-electron chi connectivity index (χ4n) is 4.30. The summed E-state index contributed by atoms with van der Waals surface area (Å²) in [5.41, 5.74) is 0.103. The summed E-state index contributed by atoms with van der Waals surface area (Å²) in [7, 11) is 1.31. The molecule has 0 radical (unpaired) electrons. The van der Waals surface area contributed by atoms with Crippen LogP contribution in [-0.4, -0.2) is 42.1 Å². The highest BCUT2D eigenvalue weighted by atomic mass is 19.3. The third kappa shape index (κ3) is 4.28. The van der Waals surface area contributed by atoms with Crippen molar-refractivity contribution in [3.05, 3.63) is 35.4 Å². The molecule has 1 spiro atoms. The van der Waals surface area contributed by atoms with E-state index in [1.165, 1.54) is 7.11 Å². The minimum absolute atomic E-state index is 0.140. The number of carbonyl (C=O) groups is 2. The van der Waals surface area contributed by atoms with Crippen molar-refractivity contribution < 1.29 is 27.8 Å². The number of benzene rings is 1. The zero-order valence-electron chi connectivity index (χ0n) is 16.8. The number of methoxy groups -OCH3 is 1. The van der Waals surface area contributed by atoms with Crippen molar-refractivity contribution in [2.24, 2.45) is 5.41 Å². The summed E-state index contributed by atoms with van der Waals surface area (Å²) >= 11 is 0. The van der Waals surface area contributed by atoms with Crippen LogP contribution in [0.15, 0.2) is 24.3 Å². The van der Waals surface area contributed by atoms with Crippen LogP contribution in [-0.2, 0) is 9.47 Å². The molecule has 1 aromatic carbocycles. The van der Waals surface area contributed by atoms with E-state index in [1.54, 1.807) is 49.9 Å². The number of likely N-dealkylation sites (tertiary alicyclic amines) is 1. The molecule has 2 fully saturated rings. The lowest BCUT2D eigenvalue weighted by Gasteiger charge is -2.54. The summed E-state index contributed by atoms with van der Waals surface area (Å²) in [6.07, 6.45) is 0.269. The second-order valence-electron chi connectivity index (χ2n) is 8.97. The zero-order valence-corrected chi connectivity index (χ0v) is 16.8. The summed E-state index contributed by atoms with van der Waals surface area (Å²) in [6, 6.07) is 6.40. The summed E-state index contributed by atoms with van der Waals surface area (Å²) in [4.78, 5) is 26.0. The molecule has 1 aliphatic carbocycles. The van der Waals surface area contributed by atoms with Crippen molar-refractivity contribution in [1.29, 1.82) is 0 Å². The quantitative estimate of drug-likeness (QED) is 0.664. The molecule has 5 nitrogen and oxygen atoms in total. The van der Waals surface area contributed by atoms with E-state index in [0.29, 0.717) is 24.9 Å². The van der Waals surface area contributed by atoms with Crippen molar-refractivity contribution in [2.45, 2.75) is 64.0 Å². The van der Waals surface area contributed by atoms with E-state index >= 15 is 0 Å². The van der Waals surface area contributed by atoms with Gasteiger partial charge in [-0.25, -0.2) is 18.4 Å². The van der Waals surface area contributed by atoms with Crippen molar-refractivity contribution in [1.82, 2.24) is 4.90 Å². The van der Waals surface area contributed by atoms with Gasteiger partial charge in [0.15, 0.2) is 0 Å². The predicted molar refractivity (Wildman–Crippen MR) is 99.3 cm³/mol. The Morgan fingerprint density at radius 2 is 1.75 bits per heavy atom. The first-order valence-corrected chi connectivity index (χ1v) is 9.49. The van der Waals surface area contributed by atoms with E-state index in [2.05, 4.69) is 0 Å². The molecule has 3 rings (SSSR count). The monoisotopic (exact) mass is 395 g/mol. The van der Waals surface area contributed by atoms with Gasteiger partial charge in [0.05, 0.1) is 18.7 Å². The van der Waals surface area contributed by atoms with Gasteiger partial charge in [-0.15, -0.1) is 0 Å². The van der Waals surface area contributed by atoms with Crippen LogP contribution in [0.25, 0.3) is 0 Å². The molecule has 1 aromatic rings. The van der Waals surface area contributed by atoms with Gasteiger partial charge in [0.2, 0.25) is 5.92 Å². The molecule has 7 heteroatoms. The van der Waals surface area contributed by atoms with Crippen LogP contribution in [0.1, 0.15) is 68.4 Å². The molecule has 1 atom stereocenters. The van der Waals surface area contributed by atoms with Gasteiger partial charge in [-0.3, -0.25) is 0 Å². The number of rotatable bonds is 2. The third-order valence-electron chi connectivity index (χ3n) is 5.50. The average molecular weight is 395 g/mol. The molecule has 154 valence electrons. The molecule has 0 N–H and O–H groups in total. The van der Waals surface area contributed by atoms with Crippen LogP contribution in [0.2, 0.25) is 0 Å². The van der Waals surface area contributed by atoms with Crippen molar-refractivity contribution in [3.8, 4) is 0 Å². The summed E-state index contributed by atoms with van der Waals surface area (Å²) in [6.45, 7) is 5.75. The van der Waals surface area contributed by atoms with Crippen molar-refractivity contribution in [2.75, 3.05) is 13.7 Å². The van der Waals surface area contributed by atoms with E-state index in [9.17, 15) is 18.4 Å². The lowest BCUT2D eigenvalue weighted by atomic mass is 9.59. The van der Waals surface area contributed by atoms with Gasteiger partial charge >= 0.3 is 12.1 Å². The van der Waals surface area contributed by atoms with Crippen LogP contribution >= 0.6 is 0 Å². The van der Waals surface area contributed by atoms with Gasteiger partial charge in [-0.1, -0.05) is 12.1 Å². The number of ether oxygens (including phenoxy) is 2. The molecule has 1 saturated heterocycles. The van der Waals surface area contributed by atoms with E-state index in [-0.39, 0.29) is 18.9 Å². The molecule has 1 saturated carbocycles. The average Bonchev–Trinajstić information content (AvgIpc) is 2.58. The number of hydrogen-bond donors (Lipinski definition) is 0. The Bertz CT molecular complexity index is 747. The zero-order chi connectivity index (χ0) is 20.7. The number of hydrogen-bond acceptors (Lipinski definition) is 4. The highest BCUT2D eigenvalue weighted by Crippen LogP contribution is 2.60. The fourth-order valence-corrected chi connectivity index (χ4v) is 4.30. The molecule has 2 aliphatic rings. The number of alkyl halides is 2. The summed E-state index contributed by atoms with van der Waals surface area (Å²) in [5.74, 6) is -3.07. The predicted octanol–water partition coefficient (Wildman–Crippen LogP) is 4.96. The number of piperidine rings is 1. The van der Waals surface area contributed by atoms with Gasteiger partial charge < -0.3 is 14.4 Å². The highest BCUT2D eigenvalue weighted by Gasteiger charge is 2.59. The molecule has 0 unspecified atom stereocenters. The molecular weight excluding hydrogens is 368 g/mol. The minimum Gasteiger partial charge on any atom is -0.465 e. The molecule has 1 amide bonds. The molecule has 1 heterocycles. The molecule has 28 heavy (non-hydrogen) atoms. The normalized spacial score (nSPS) is 23.1. The second-order valence-corrected chi connectivity index (χ2v) is 8.97. The second kappa shape index (κ2) is 7.01. The van der Waals surface area contributed by atoms with E-state index < -0.39 is 29.0 Å². The van der Waals surface area contributed by atoms with Crippen molar-refractivity contribution >= 4 is 12.1 Å². The SMILES string of the molecule is COC(=O)c1ccc([C@H]2CC3(CCN2C(=O)OC(C)(C)C)CC(F)(F)C3)cc1. The highest BCUT2D eigenvalue weighted by molar-refractivity contribution is 5.89. The third-order valence-corrected chi connectivity index (χ3v) is 5.50.